The molecule has 4 aromatic rings. The number of fused-ring (bicyclic) bond motifs is 2. The zero-order valence-corrected chi connectivity index (χ0v) is 19.2. The molecule has 5 rings (SSSR count). The van der Waals surface area contributed by atoms with Gasteiger partial charge in [0.25, 0.3) is 5.91 Å². The smallest absolute Gasteiger partial charge is 0.257 e. The predicted molar refractivity (Wildman–Crippen MR) is 132 cm³/mol. The third kappa shape index (κ3) is 4.24. The van der Waals surface area contributed by atoms with Gasteiger partial charge in [0.1, 0.15) is 5.52 Å². The largest absolute Gasteiger partial charge is 0.383 e. The first kappa shape index (κ1) is 22.0. The van der Waals surface area contributed by atoms with Crippen molar-refractivity contribution in [3.8, 4) is 0 Å². The molecule has 0 radical (unpaired) electrons. The Labute approximate surface area is 196 Å². The van der Waals surface area contributed by atoms with Crippen molar-refractivity contribution in [3.63, 3.8) is 0 Å². The van der Waals surface area contributed by atoms with E-state index in [2.05, 4.69) is 25.6 Å². The van der Waals surface area contributed by atoms with Crippen molar-refractivity contribution in [3.05, 3.63) is 48.0 Å². The third-order valence-electron chi connectivity index (χ3n) is 5.92. The van der Waals surface area contributed by atoms with E-state index >= 15 is 0 Å². The second kappa shape index (κ2) is 8.86. The van der Waals surface area contributed by atoms with Gasteiger partial charge < -0.3 is 21.3 Å². The molecule has 1 atom stereocenters. The molecule has 1 fully saturated rings. The van der Waals surface area contributed by atoms with Gasteiger partial charge in [0.15, 0.2) is 5.82 Å². The number of hydrogen-bond donors (Lipinski definition) is 3. The van der Waals surface area contributed by atoms with Crippen LogP contribution in [0.15, 0.2) is 36.7 Å². The van der Waals surface area contributed by atoms with Crippen molar-refractivity contribution in [1.29, 1.82) is 0 Å². The molecule has 2 aromatic heterocycles. The van der Waals surface area contributed by atoms with Crippen LogP contribution < -0.4 is 21.3 Å². The molecule has 0 saturated carbocycles. The van der Waals surface area contributed by atoms with E-state index in [0.717, 1.165) is 37.0 Å². The molecular formula is C24H27FN8O. The molecule has 0 aliphatic carbocycles. The maximum Gasteiger partial charge on any atom is 0.257 e. The molecule has 1 aliphatic rings. The number of aryl methyl sites for hydroxylation is 1. The lowest BCUT2D eigenvalue weighted by molar-refractivity contribution is 0.102. The van der Waals surface area contributed by atoms with E-state index in [1.54, 1.807) is 31.6 Å². The minimum atomic E-state index is -0.493. The number of carbonyl (C=O) groups is 1. The summed E-state index contributed by atoms with van der Waals surface area (Å²) in [5.41, 5.74) is 8.25. The van der Waals surface area contributed by atoms with Gasteiger partial charge in [-0.3, -0.25) is 9.48 Å². The van der Waals surface area contributed by atoms with Crippen molar-refractivity contribution >= 4 is 45.0 Å². The van der Waals surface area contributed by atoms with Crippen LogP contribution in [0, 0.1) is 5.82 Å². The first-order valence-electron chi connectivity index (χ1n) is 11.4. The Morgan fingerprint density at radius 1 is 1.24 bits per heavy atom. The van der Waals surface area contributed by atoms with Gasteiger partial charge in [-0.25, -0.2) is 14.4 Å². The Morgan fingerprint density at radius 3 is 2.79 bits per heavy atom. The SMILES string of the molecule is C[C@H](N)CNc1ccc(C(=O)Nc2cc(F)c3nn(C)cc3c2)c2nc(N3CCCC3)ncc12. The van der Waals surface area contributed by atoms with Crippen LogP contribution in [0.5, 0.6) is 0 Å². The molecule has 10 heteroatoms. The molecule has 0 spiro atoms. The Bertz CT molecular complexity index is 1380. The van der Waals surface area contributed by atoms with Gasteiger partial charge >= 0.3 is 0 Å². The number of rotatable bonds is 6. The normalized spacial score (nSPS) is 14.6. The topological polar surface area (TPSA) is 114 Å². The molecule has 176 valence electrons. The molecular weight excluding hydrogens is 435 g/mol. The number of aromatic nitrogens is 4. The fourth-order valence-corrected chi connectivity index (χ4v) is 4.27. The molecule has 0 bridgehead atoms. The van der Waals surface area contributed by atoms with Crippen molar-refractivity contribution < 1.29 is 9.18 Å². The van der Waals surface area contributed by atoms with Gasteiger partial charge in [0.05, 0.1) is 11.1 Å². The first-order valence-corrected chi connectivity index (χ1v) is 11.4. The number of carbonyl (C=O) groups excluding carboxylic acids is 1. The van der Waals surface area contributed by atoms with Crippen LogP contribution in [0.4, 0.5) is 21.7 Å². The highest BCUT2D eigenvalue weighted by Gasteiger charge is 2.20. The van der Waals surface area contributed by atoms with Crippen molar-refractivity contribution in [2.45, 2.75) is 25.8 Å². The highest BCUT2D eigenvalue weighted by atomic mass is 19.1. The number of hydrogen-bond acceptors (Lipinski definition) is 7. The molecule has 2 aromatic carbocycles. The molecule has 34 heavy (non-hydrogen) atoms. The molecule has 1 aliphatic heterocycles. The lowest BCUT2D eigenvalue weighted by atomic mass is 10.1. The first-order chi connectivity index (χ1) is 16.4. The van der Waals surface area contributed by atoms with E-state index in [1.165, 1.54) is 10.7 Å². The van der Waals surface area contributed by atoms with Gasteiger partial charge in [-0.2, -0.15) is 5.10 Å². The Kier molecular flexibility index (Phi) is 5.74. The number of nitrogens with two attached hydrogens (primary N) is 1. The molecule has 4 N–H and O–H groups in total. The quantitative estimate of drug-likeness (QED) is 0.403. The molecule has 3 heterocycles. The summed E-state index contributed by atoms with van der Waals surface area (Å²) in [4.78, 5) is 24.8. The van der Waals surface area contributed by atoms with E-state index in [0.29, 0.717) is 34.6 Å². The van der Waals surface area contributed by atoms with Crippen LogP contribution in [-0.2, 0) is 7.05 Å². The van der Waals surface area contributed by atoms with E-state index in [4.69, 9.17) is 10.7 Å². The van der Waals surface area contributed by atoms with Crippen LogP contribution >= 0.6 is 0 Å². The maximum absolute atomic E-state index is 14.5. The van der Waals surface area contributed by atoms with Crippen molar-refractivity contribution in [2.75, 3.05) is 35.2 Å². The summed E-state index contributed by atoms with van der Waals surface area (Å²) in [7, 11) is 1.72. The van der Waals surface area contributed by atoms with Gasteiger partial charge in [-0.05, 0) is 44.0 Å². The zero-order chi connectivity index (χ0) is 23.8. The Balaban J connectivity index is 1.53. The standard InChI is InChI=1S/C24H27FN8O/c1-14(26)11-27-20-6-5-17(22-18(20)12-28-24(30-22)33-7-3-4-8-33)23(34)29-16-9-15-13-32(2)31-21(15)19(25)10-16/h5-6,9-10,12-14,27H,3-4,7-8,11,26H2,1-2H3,(H,29,34)/t14-/m0/s1. The summed E-state index contributed by atoms with van der Waals surface area (Å²) >= 11 is 0. The minimum absolute atomic E-state index is 0.0416. The van der Waals surface area contributed by atoms with Crippen LogP contribution in [0.1, 0.15) is 30.1 Å². The average Bonchev–Trinajstić information content (AvgIpc) is 3.46. The van der Waals surface area contributed by atoms with Gasteiger partial charge in [0.2, 0.25) is 5.95 Å². The second-order valence-corrected chi connectivity index (χ2v) is 8.80. The second-order valence-electron chi connectivity index (χ2n) is 8.80. The van der Waals surface area contributed by atoms with Crippen LogP contribution in [0.2, 0.25) is 0 Å². The van der Waals surface area contributed by atoms with E-state index in [9.17, 15) is 9.18 Å². The van der Waals surface area contributed by atoms with Crippen molar-refractivity contribution in [1.82, 2.24) is 19.7 Å². The summed E-state index contributed by atoms with van der Waals surface area (Å²) in [6, 6.07) is 6.48. The number of nitrogens with one attached hydrogen (secondary N) is 2. The fourth-order valence-electron chi connectivity index (χ4n) is 4.27. The Morgan fingerprint density at radius 2 is 2.03 bits per heavy atom. The van der Waals surface area contributed by atoms with Crippen LogP contribution in [-0.4, -0.2) is 51.3 Å². The summed E-state index contributed by atoms with van der Waals surface area (Å²) in [6.45, 7) is 4.26. The number of amides is 1. The number of halogens is 1. The summed E-state index contributed by atoms with van der Waals surface area (Å²) in [5, 5.41) is 11.6. The summed E-state index contributed by atoms with van der Waals surface area (Å²) in [5.74, 6) is -0.268. The van der Waals surface area contributed by atoms with E-state index in [-0.39, 0.29) is 17.5 Å². The average molecular weight is 463 g/mol. The molecule has 1 saturated heterocycles. The maximum atomic E-state index is 14.5. The zero-order valence-electron chi connectivity index (χ0n) is 19.2. The van der Waals surface area contributed by atoms with Gasteiger partial charge in [-0.1, -0.05) is 0 Å². The van der Waals surface area contributed by atoms with E-state index < -0.39 is 5.82 Å². The monoisotopic (exact) mass is 462 g/mol. The lowest BCUT2D eigenvalue weighted by Crippen LogP contribution is -2.25. The molecule has 9 nitrogen and oxygen atoms in total. The van der Waals surface area contributed by atoms with Gasteiger partial charge in [0, 0.05) is 67.3 Å². The fraction of sp³-hybridized carbons (Fsp3) is 0.333. The lowest BCUT2D eigenvalue weighted by Gasteiger charge is -2.18. The highest BCUT2D eigenvalue weighted by Crippen LogP contribution is 2.29. The highest BCUT2D eigenvalue weighted by molar-refractivity contribution is 6.14. The molecule has 1 amide bonds. The van der Waals surface area contributed by atoms with Crippen molar-refractivity contribution in [2.24, 2.45) is 12.8 Å². The van der Waals surface area contributed by atoms with E-state index in [1.807, 2.05) is 13.0 Å². The number of anilines is 3. The minimum Gasteiger partial charge on any atom is -0.383 e. The number of nitrogens with zero attached hydrogens (tertiary/aromatic N) is 5. The summed E-state index contributed by atoms with van der Waals surface area (Å²) in [6.07, 6.45) is 5.63. The third-order valence-corrected chi connectivity index (χ3v) is 5.92. The Hall–Kier alpha value is -3.79. The summed E-state index contributed by atoms with van der Waals surface area (Å²) < 4.78 is 16.1. The van der Waals surface area contributed by atoms with Crippen LogP contribution in [0.3, 0.4) is 0 Å². The molecule has 0 unspecified atom stereocenters. The van der Waals surface area contributed by atoms with Gasteiger partial charge in [-0.15, -0.1) is 0 Å². The predicted octanol–water partition coefficient (Wildman–Crippen LogP) is 3.27. The van der Waals surface area contributed by atoms with Crippen LogP contribution in [0.25, 0.3) is 21.8 Å². The number of benzene rings is 2.